The molecule has 1 rings (SSSR count). The third kappa shape index (κ3) is 33.3. The van der Waals surface area contributed by atoms with Crippen molar-refractivity contribution >= 4 is 24.4 Å². The molecule has 0 aliphatic carbocycles. The van der Waals surface area contributed by atoms with Crippen LogP contribution in [0.15, 0.2) is 0 Å². The number of nitrogens with one attached hydrogen (secondary N) is 1. The maximum Gasteiger partial charge on any atom is 0.320 e. The molecule has 1 fully saturated rings. The van der Waals surface area contributed by atoms with Gasteiger partial charge in [-0.1, -0.05) is 0 Å². The molecular formula is C13H27NO12. The Balaban J connectivity index is -0.000000125. The highest BCUT2D eigenvalue weighted by Crippen LogP contribution is 2.03. The topological polar surface area (TPSA) is 242 Å². The Morgan fingerprint density at radius 1 is 1.08 bits per heavy atom. The zero-order valence-corrected chi connectivity index (χ0v) is 14.2. The molecule has 1 heterocycles. The number of carbonyl (C=O) groups is 4. The van der Waals surface area contributed by atoms with Crippen LogP contribution in [0.2, 0.25) is 0 Å². The summed E-state index contributed by atoms with van der Waals surface area (Å²) in [4.78, 5) is 37.4. The summed E-state index contributed by atoms with van der Waals surface area (Å²) in [7, 11) is 1.00. The molecule has 0 amide bonds. The van der Waals surface area contributed by atoms with E-state index < -0.39 is 30.4 Å². The van der Waals surface area contributed by atoms with E-state index in [1.54, 1.807) is 0 Å². The van der Waals surface area contributed by atoms with Crippen LogP contribution in [0.3, 0.4) is 0 Å². The standard InChI is InChI=1S/C5H9NO2.C3H4O4.C3H8O3.CH2O2.CH4O/c7-5(8)4-2-1-3-6-4;4-2(5)1-3(6)7;4-1-3(6)2-5;2-1-3;1-2/h4,6H,1-3H2,(H,7,8);1H2,(H,4,5)(H,6,7);3-6H,1-2H2;1H,(H,2,3);2H,1H3/t4-;;;;/m0..../s1. The van der Waals surface area contributed by atoms with Crippen LogP contribution in [-0.4, -0.2) is 104 Å². The van der Waals surface area contributed by atoms with E-state index in [4.69, 9.17) is 45.6 Å². The van der Waals surface area contributed by atoms with E-state index in [0.29, 0.717) is 0 Å². The van der Waals surface area contributed by atoms with Gasteiger partial charge in [0, 0.05) is 7.11 Å². The molecule has 0 spiro atoms. The lowest BCUT2D eigenvalue weighted by molar-refractivity contribution is -0.147. The molecule has 156 valence electrons. The van der Waals surface area contributed by atoms with Gasteiger partial charge in [0.05, 0.1) is 13.2 Å². The van der Waals surface area contributed by atoms with Gasteiger partial charge in [0.1, 0.15) is 18.6 Å². The van der Waals surface area contributed by atoms with Crippen molar-refractivity contribution in [3.8, 4) is 0 Å². The van der Waals surface area contributed by atoms with Crippen molar-refractivity contribution < 1.29 is 60.0 Å². The van der Waals surface area contributed by atoms with Crippen molar-refractivity contribution in [2.24, 2.45) is 0 Å². The summed E-state index contributed by atoms with van der Waals surface area (Å²) in [6.45, 7) is -0.121. The van der Waals surface area contributed by atoms with Crippen LogP contribution in [0.5, 0.6) is 0 Å². The summed E-state index contributed by atoms with van der Waals surface area (Å²) in [5.41, 5.74) is 0. The van der Waals surface area contributed by atoms with Crippen molar-refractivity contribution in [3.05, 3.63) is 0 Å². The second-order valence-corrected chi connectivity index (χ2v) is 4.08. The predicted molar refractivity (Wildman–Crippen MR) is 85.6 cm³/mol. The average Bonchev–Trinajstić information content (AvgIpc) is 3.11. The molecular weight excluding hydrogens is 362 g/mol. The lowest BCUT2D eigenvalue weighted by Gasteiger charge is -1.99. The van der Waals surface area contributed by atoms with Gasteiger partial charge in [0.15, 0.2) is 0 Å². The molecule has 9 N–H and O–H groups in total. The monoisotopic (exact) mass is 389 g/mol. The Labute approximate surface area is 149 Å². The number of carboxylic acid groups (broad SMARTS) is 4. The molecule has 13 nitrogen and oxygen atoms in total. The Hall–Kier alpha value is -2.32. The van der Waals surface area contributed by atoms with Crippen LogP contribution in [0.4, 0.5) is 0 Å². The molecule has 1 atom stereocenters. The van der Waals surface area contributed by atoms with Crippen LogP contribution in [-0.2, 0) is 19.2 Å². The maximum atomic E-state index is 10.1. The van der Waals surface area contributed by atoms with E-state index in [0.717, 1.165) is 26.5 Å². The van der Waals surface area contributed by atoms with Crippen LogP contribution in [0.1, 0.15) is 19.3 Å². The third-order valence-corrected chi connectivity index (χ3v) is 2.08. The van der Waals surface area contributed by atoms with Crippen LogP contribution >= 0.6 is 0 Å². The Morgan fingerprint density at radius 2 is 1.46 bits per heavy atom. The van der Waals surface area contributed by atoms with E-state index in [9.17, 15) is 14.4 Å². The minimum absolute atomic E-state index is 0.250. The molecule has 26 heavy (non-hydrogen) atoms. The van der Waals surface area contributed by atoms with Gasteiger partial charge in [-0.05, 0) is 19.4 Å². The zero-order valence-electron chi connectivity index (χ0n) is 14.2. The number of hydrogen-bond donors (Lipinski definition) is 9. The molecule has 0 aromatic rings. The fraction of sp³-hybridized carbons (Fsp3) is 0.692. The summed E-state index contributed by atoms with van der Waals surface area (Å²) in [6, 6.07) is -0.269. The molecule has 0 aromatic heterocycles. The molecule has 1 aliphatic rings. The number of rotatable bonds is 5. The summed E-state index contributed by atoms with van der Waals surface area (Å²) in [6.07, 6.45) is 0.0248. The molecule has 0 saturated carbocycles. The van der Waals surface area contributed by atoms with Crippen molar-refractivity contribution in [1.29, 1.82) is 0 Å². The van der Waals surface area contributed by atoms with Crippen molar-refractivity contribution in [2.75, 3.05) is 26.9 Å². The van der Waals surface area contributed by atoms with Gasteiger partial charge in [-0.3, -0.25) is 19.2 Å². The third-order valence-electron chi connectivity index (χ3n) is 2.08. The molecule has 0 unspecified atom stereocenters. The van der Waals surface area contributed by atoms with Gasteiger partial charge in [0.2, 0.25) is 0 Å². The second-order valence-electron chi connectivity index (χ2n) is 4.08. The highest BCUT2D eigenvalue weighted by molar-refractivity contribution is 5.88. The summed E-state index contributed by atoms with van der Waals surface area (Å²) >= 11 is 0. The predicted octanol–water partition coefficient (Wildman–Crippen LogP) is -2.99. The zero-order chi connectivity index (χ0) is 21.5. The van der Waals surface area contributed by atoms with Gasteiger partial charge in [-0.15, -0.1) is 0 Å². The lowest BCUT2D eigenvalue weighted by atomic mass is 10.2. The van der Waals surface area contributed by atoms with Gasteiger partial charge in [-0.25, -0.2) is 0 Å². The smallest absolute Gasteiger partial charge is 0.320 e. The first kappa shape index (κ1) is 31.4. The van der Waals surface area contributed by atoms with Gasteiger partial charge in [-0.2, -0.15) is 0 Å². The van der Waals surface area contributed by atoms with Gasteiger partial charge in [0.25, 0.3) is 6.47 Å². The Bertz CT molecular complexity index is 341. The minimum Gasteiger partial charge on any atom is -0.483 e. The van der Waals surface area contributed by atoms with Gasteiger partial charge >= 0.3 is 17.9 Å². The van der Waals surface area contributed by atoms with E-state index >= 15 is 0 Å². The fourth-order valence-corrected chi connectivity index (χ4v) is 1.08. The quantitative estimate of drug-likeness (QED) is 0.168. The summed E-state index contributed by atoms with van der Waals surface area (Å²) in [5, 5.41) is 64.5. The Morgan fingerprint density at radius 3 is 1.54 bits per heavy atom. The average molecular weight is 389 g/mol. The molecule has 0 aromatic carbocycles. The fourth-order valence-electron chi connectivity index (χ4n) is 1.08. The number of carboxylic acids is 3. The lowest BCUT2D eigenvalue weighted by Crippen LogP contribution is -2.29. The van der Waals surface area contributed by atoms with Crippen LogP contribution in [0.25, 0.3) is 0 Å². The molecule has 0 bridgehead atoms. The molecule has 13 heteroatoms. The van der Waals surface area contributed by atoms with Gasteiger partial charge < -0.3 is 46.2 Å². The second kappa shape index (κ2) is 24.9. The molecule has 1 saturated heterocycles. The van der Waals surface area contributed by atoms with E-state index in [1.807, 2.05) is 0 Å². The number of aliphatic hydroxyl groups excluding tert-OH is 4. The normalized spacial score (nSPS) is 13.8. The largest absolute Gasteiger partial charge is 0.483 e. The highest BCUT2D eigenvalue weighted by Gasteiger charge is 2.20. The van der Waals surface area contributed by atoms with E-state index in [1.165, 1.54) is 0 Å². The summed E-state index contributed by atoms with van der Waals surface area (Å²) in [5.74, 6) is -3.34. The highest BCUT2D eigenvalue weighted by atomic mass is 16.4. The number of hydrogen-bond acceptors (Lipinski definition) is 9. The van der Waals surface area contributed by atoms with Crippen molar-refractivity contribution in [1.82, 2.24) is 5.32 Å². The van der Waals surface area contributed by atoms with Crippen molar-refractivity contribution in [3.63, 3.8) is 0 Å². The maximum absolute atomic E-state index is 10.1. The first-order valence-electron chi connectivity index (χ1n) is 6.98. The van der Waals surface area contributed by atoms with E-state index in [-0.39, 0.29) is 25.7 Å². The Kier molecular flexibility index (Phi) is 30.2. The minimum atomic E-state index is -1.31. The summed E-state index contributed by atoms with van der Waals surface area (Å²) < 4.78 is 0. The molecule has 1 aliphatic heterocycles. The number of aliphatic hydroxyl groups is 4. The first-order chi connectivity index (χ1) is 12.2. The SMILES string of the molecule is CO.O=C(O)CC(=O)O.O=C(O)[C@@H]1CCCN1.O=CO.OCC(O)CO. The van der Waals surface area contributed by atoms with Crippen LogP contribution < -0.4 is 5.32 Å². The number of aliphatic carboxylic acids is 3. The van der Waals surface area contributed by atoms with Crippen LogP contribution in [0, 0.1) is 0 Å². The molecule has 0 radical (unpaired) electrons. The van der Waals surface area contributed by atoms with Crippen molar-refractivity contribution in [2.45, 2.75) is 31.4 Å². The first-order valence-corrected chi connectivity index (χ1v) is 6.98. The van der Waals surface area contributed by atoms with E-state index in [2.05, 4.69) is 5.32 Å².